The first-order valence-corrected chi connectivity index (χ1v) is 9.76. The summed E-state index contributed by atoms with van der Waals surface area (Å²) < 4.78 is 1.77. The van der Waals surface area contributed by atoms with Gasteiger partial charge in [0.15, 0.2) is 0 Å². The summed E-state index contributed by atoms with van der Waals surface area (Å²) in [5, 5.41) is 12.7. The lowest BCUT2D eigenvalue weighted by molar-refractivity contribution is 0.0936. The van der Waals surface area contributed by atoms with E-state index in [1.54, 1.807) is 16.8 Å². The van der Waals surface area contributed by atoms with Gasteiger partial charge in [-0.3, -0.25) is 4.79 Å². The van der Waals surface area contributed by atoms with E-state index in [9.17, 15) is 10.1 Å². The summed E-state index contributed by atoms with van der Waals surface area (Å²) >= 11 is 0. The van der Waals surface area contributed by atoms with Crippen molar-refractivity contribution in [2.75, 3.05) is 0 Å². The lowest BCUT2D eigenvalue weighted by Crippen LogP contribution is -2.31. The third-order valence-electron chi connectivity index (χ3n) is 5.04. The van der Waals surface area contributed by atoms with Crippen molar-refractivity contribution in [1.29, 1.82) is 5.26 Å². The van der Waals surface area contributed by atoms with E-state index < -0.39 is 0 Å². The topological polar surface area (TPSA) is 57.8 Å². The van der Waals surface area contributed by atoms with Crippen LogP contribution in [-0.4, -0.2) is 10.5 Å². The molecule has 0 fully saturated rings. The maximum Gasteiger partial charge on any atom is 0.270 e. The van der Waals surface area contributed by atoms with Gasteiger partial charge in [-0.15, -0.1) is 0 Å². The van der Waals surface area contributed by atoms with Crippen molar-refractivity contribution in [2.24, 2.45) is 0 Å². The Kier molecular flexibility index (Phi) is 5.45. The van der Waals surface area contributed by atoms with Gasteiger partial charge in [0.1, 0.15) is 11.8 Å². The number of carbonyl (C=O) groups is 1. The van der Waals surface area contributed by atoms with Crippen molar-refractivity contribution in [3.8, 4) is 11.8 Å². The van der Waals surface area contributed by atoms with Crippen LogP contribution in [0.1, 0.15) is 38.8 Å². The highest BCUT2D eigenvalue weighted by Gasteiger charge is 2.23. The van der Waals surface area contributed by atoms with Crippen LogP contribution in [0.4, 0.5) is 0 Å². The van der Waals surface area contributed by atoms with Gasteiger partial charge in [-0.05, 0) is 41.8 Å². The van der Waals surface area contributed by atoms with E-state index in [2.05, 4.69) is 11.4 Å². The minimum absolute atomic E-state index is 0.296. The molecule has 3 aromatic carbocycles. The van der Waals surface area contributed by atoms with Crippen LogP contribution in [0.5, 0.6) is 0 Å². The minimum Gasteiger partial charge on any atom is -0.340 e. The van der Waals surface area contributed by atoms with Crippen molar-refractivity contribution >= 4 is 5.91 Å². The molecule has 4 aromatic rings. The average molecular weight is 391 g/mol. The van der Waals surface area contributed by atoms with Crippen LogP contribution >= 0.6 is 0 Å². The number of aromatic nitrogens is 1. The number of nitriles is 1. The zero-order valence-electron chi connectivity index (χ0n) is 16.6. The Morgan fingerprint density at radius 1 is 0.900 bits per heavy atom. The monoisotopic (exact) mass is 391 g/mol. The summed E-state index contributed by atoms with van der Waals surface area (Å²) in [5.74, 6) is -0.296. The number of aryl methyl sites for hydroxylation is 1. The molecule has 0 unspecified atom stereocenters. The van der Waals surface area contributed by atoms with Crippen LogP contribution in [0.3, 0.4) is 0 Å². The van der Waals surface area contributed by atoms with Crippen LogP contribution in [0.2, 0.25) is 0 Å². The van der Waals surface area contributed by atoms with Gasteiger partial charge in [0, 0.05) is 11.9 Å². The first-order valence-electron chi connectivity index (χ1n) is 9.76. The number of amides is 1. The summed E-state index contributed by atoms with van der Waals surface area (Å²) in [7, 11) is 0. The van der Waals surface area contributed by atoms with Crippen molar-refractivity contribution in [2.45, 2.75) is 13.0 Å². The maximum atomic E-state index is 13.4. The molecule has 1 amide bonds. The van der Waals surface area contributed by atoms with Crippen molar-refractivity contribution < 1.29 is 4.79 Å². The van der Waals surface area contributed by atoms with E-state index in [0.29, 0.717) is 11.3 Å². The third-order valence-corrected chi connectivity index (χ3v) is 5.04. The van der Waals surface area contributed by atoms with Crippen molar-refractivity contribution in [1.82, 2.24) is 9.88 Å². The molecule has 4 rings (SSSR count). The van der Waals surface area contributed by atoms with Gasteiger partial charge in [-0.2, -0.15) is 5.26 Å². The molecule has 0 atom stereocenters. The molecule has 0 bridgehead atoms. The second-order valence-electron chi connectivity index (χ2n) is 7.13. The number of hydrogen-bond acceptors (Lipinski definition) is 2. The van der Waals surface area contributed by atoms with Gasteiger partial charge in [0.2, 0.25) is 0 Å². The Labute approximate surface area is 176 Å². The van der Waals surface area contributed by atoms with Gasteiger partial charge in [0.05, 0.1) is 11.6 Å². The van der Waals surface area contributed by atoms with Crippen LogP contribution in [0, 0.1) is 18.3 Å². The molecule has 4 nitrogen and oxygen atoms in total. The molecule has 0 radical (unpaired) electrons. The molecule has 0 aliphatic heterocycles. The first kappa shape index (κ1) is 19.2. The fourth-order valence-corrected chi connectivity index (χ4v) is 3.60. The van der Waals surface area contributed by atoms with Crippen molar-refractivity contribution in [3.63, 3.8) is 0 Å². The predicted octanol–water partition coefficient (Wildman–Crippen LogP) is 5.18. The molecule has 0 spiro atoms. The SMILES string of the molecule is Cc1cccc(-n2ccc(C#N)c2C(=O)NC(c2ccccc2)c2ccccc2)c1. The number of hydrogen-bond donors (Lipinski definition) is 1. The second kappa shape index (κ2) is 8.50. The van der Waals surface area contributed by atoms with Gasteiger partial charge in [-0.1, -0.05) is 72.8 Å². The Hall–Kier alpha value is -4.10. The predicted molar refractivity (Wildman–Crippen MR) is 117 cm³/mol. The van der Waals surface area contributed by atoms with Gasteiger partial charge < -0.3 is 9.88 Å². The fraction of sp³-hybridized carbons (Fsp3) is 0.0769. The van der Waals surface area contributed by atoms with Crippen LogP contribution in [0.25, 0.3) is 5.69 Å². The third kappa shape index (κ3) is 3.87. The number of nitrogens with one attached hydrogen (secondary N) is 1. The van der Waals surface area contributed by atoms with E-state index in [1.165, 1.54) is 0 Å². The van der Waals surface area contributed by atoms with Crippen LogP contribution in [0.15, 0.2) is 97.2 Å². The number of nitrogens with zero attached hydrogens (tertiary/aromatic N) is 2. The van der Waals surface area contributed by atoms with E-state index in [0.717, 1.165) is 22.4 Å². The van der Waals surface area contributed by atoms with Crippen molar-refractivity contribution in [3.05, 3.63) is 125 Å². The molecule has 1 aromatic heterocycles. The zero-order chi connectivity index (χ0) is 20.9. The molecular weight excluding hydrogens is 370 g/mol. The average Bonchev–Trinajstić information content (AvgIpc) is 3.23. The number of carbonyl (C=O) groups excluding carboxylic acids is 1. The van der Waals surface area contributed by atoms with E-state index in [1.807, 2.05) is 91.9 Å². The largest absolute Gasteiger partial charge is 0.340 e. The number of rotatable bonds is 5. The number of benzene rings is 3. The quantitative estimate of drug-likeness (QED) is 0.510. The highest BCUT2D eigenvalue weighted by atomic mass is 16.2. The molecule has 4 heteroatoms. The molecule has 146 valence electrons. The summed E-state index contributed by atoms with van der Waals surface area (Å²) in [6, 6.07) is 31.0. The smallest absolute Gasteiger partial charge is 0.270 e. The molecule has 0 aliphatic rings. The maximum absolute atomic E-state index is 13.4. The van der Waals surface area contributed by atoms with E-state index in [4.69, 9.17) is 0 Å². The molecule has 0 aliphatic carbocycles. The summed E-state index contributed by atoms with van der Waals surface area (Å²) in [6.45, 7) is 2.00. The normalized spacial score (nSPS) is 10.6. The highest BCUT2D eigenvalue weighted by molar-refractivity contribution is 5.96. The standard InChI is InChI=1S/C26H21N3O/c1-19-9-8-14-23(17-19)29-16-15-22(18-27)25(29)26(30)28-24(20-10-4-2-5-11-20)21-12-6-3-7-13-21/h2-17,24H,1H3,(H,28,30). The van der Waals surface area contributed by atoms with E-state index in [-0.39, 0.29) is 11.9 Å². The van der Waals surface area contributed by atoms with Crippen LogP contribution in [-0.2, 0) is 0 Å². The molecule has 0 saturated heterocycles. The minimum atomic E-state index is -0.327. The Bertz CT molecular complexity index is 1160. The molecular formula is C26H21N3O. The molecule has 30 heavy (non-hydrogen) atoms. The second-order valence-corrected chi connectivity index (χ2v) is 7.13. The molecule has 1 N–H and O–H groups in total. The Morgan fingerprint density at radius 2 is 1.53 bits per heavy atom. The molecule has 1 heterocycles. The Morgan fingerprint density at radius 3 is 2.10 bits per heavy atom. The summed E-state index contributed by atoms with van der Waals surface area (Å²) in [5.41, 5.74) is 4.55. The lowest BCUT2D eigenvalue weighted by atomic mass is 9.98. The Balaban J connectivity index is 1.75. The van der Waals surface area contributed by atoms with E-state index >= 15 is 0 Å². The summed E-state index contributed by atoms with van der Waals surface area (Å²) in [6.07, 6.45) is 1.77. The first-order chi connectivity index (χ1) is 14.7. The zero-order valence-corrected chi connectivity index (χ0v) is 16.6. The highest BCUT2D eigenvalue weighted by Crippen LogP contribution is 2.24. The van der Waals surface area contributed by atoms with Gasteiger partial charge in [0.25, 0.3) is 5.91 Å². The van der Waals surface area contributed by atoms with Gasteiger partial charge in [-0.25, -0.2) is 0 Å². The lowest BCUT2D eigenvalue weighted by Gasteiger charge is -2.21. The van der Waals surface area contributed by atoms with Crippen LogP contribution < -0.4 is 5.32 Å². The summed E-state index contributed by atoms with van der Waals surface area (Å²) in [4.78, 5) is 13.4. The van der Waals surface area contributed by atoms with Gasteiger partial charge >= 0.3 is 0 Å². The molecule has 0 saturated carbocycles. The fourth-order valence-electron chi connectivity index (χ4n) is 3.60.